The highest BCUT2D eigenvalue weighted by atomic mass is 16.5. The average molecular weight is 309 g/mol. The van der Waals surface area contributed by atoms with Crippen LogP contribution in [0.2, 0.25) is 0 Å². The predicted molar refractivity (Wildman–Crippen MR) is 78.6 cm³/mol. The Morgan fingerprint density at radius 2 is 2.09 bits per heavy atom. The second-order valence-electron chi connectivity index (χ2n) is 4.40. The highest BCUT2D eigenvalue weighted by Crippen LogP contribution is 2.09. The van der Waals surface area contributed by atoms with Crippen LogP contribution in [0.15, 0.2) is 37.2 Å². The maximum absolute atomic E-state index is 11.9. The maximum atomic E-state index is 11.9. The zero-order valence-corrected chi connectivity index (χ0v) is 12.1. The molecular formula is C14H19N3O5. The topological polar surface area (TPSA) is 108 Å². The lowest BCUT2D eigenvalue weighted by Crippen LogP contribution is -2.47. The number of aliphatic carboxylic acids is 1. The molecule has 1 aliphatic rings. The zero-order valence-electron chi connectivity index (χ0n) is 12.1. The Kier molecular flexibility index (Phi) is 7.00. The van der Waals surface area contributed by atoms with Crippen LogP contribution >= 0.6 is 0 Å². The van der Waals surface area contributed by atoms with Gasteiger partial charge in [-0.05, 0) is 12.2 Å². The molecule has 1 atom stereocenters. The molecule has 8 heteroatoms. The first-order valence-corrected chi connectivity index (χ1v) is 6.62. The van der Waals surface area contributed by atoms with Gasteiger partial charge in [0.1, 0.15) is 5.70 Å². The SMILES string of the molecule is C=CC(=O)NC=C(C(=O)O)N(CC1CNCCO1)C(=O)C=C. The number of carboxylic acids is 1. The molecule has 0 spiro atoms. The Bertz CT molecular complexity index is 495. The van der Waals surface area contributed by atoms with E-state index in [9.17, 15) is 19.5 Å². The van der Waals surface area contributed by atoms with E-state index in [0.717, 1.165) is 23.3 Å². The number of carboxylic acid groups (broad SMARTS) is 1. The van der Waals surface area contributed by atoms with Crippen LogP contribution in [0.5, 0.6) is 0 Å². The summed E-state index contributed by atoms with van der Waals surface area (Å²) in [6.07, 6.45) is 2.59. The van der Waals surface area contributed by atoms with Crippen molar-refractivity contribution < 1.29 is 24.2 Å². The lowest BCUT2D eigenvalue weighted by molar-refractivity contribution is -0.139. The highest BCUT2D eigenvalue weighted by Gasteiger charge is 2.26. The summed E-state index contributed by atoms with van der Waals surface area (Å²) >= 11 is 0. The van der Waals surface area contributed by atoms with Crippen molar-refractivity contribution in [3.8, 4) is 0 Å². The Hall–Kier alpha value is -2.45. The molecule has 0 aliphatic carbocycles. The fourth-order valence-electron chi connectivity index (χ4n) is 1.81. The fourth-order valence-corrected chi connectivity index (χ4v) is 1.81. The third kappa shape index (κ3) is 5.15. The normalized spacial score (nSPS) is 18.2. The largest absolute Gasteiger partial charge is 0.477 e. The van der Waals surface area contributed by atoms with Crippen molar-refractivity contribution in [2.24, 2.45) is 0 Å². The van der Waals surface area contributed by atoms with E-state index in [1.54, 1.807) is 0 Å². The van der Waals surface area contributed by atoms with Crippen LogP contribution in [0.4, 0.5) is 0 Å². The molecule has 1 saturated heterocycles. The summed E-state index contributed by atoms with van der Waals surface area (Å²) in [5, 5.41) is 14.6. The van der Waals surface area contributed by atoms with E-state index in [2.05, 4.69) is 23.8 Å². The molecule has 0 aromatic carbocycles. The number of carbonyl (C=O) groups is 3. The molecule has 2 amide bonds. The predicted octanol–water partition coefficient (Wildman–Crippen LogP) is -0.782. The van der Waals surface area contributed by atoms with Crippen molar-refractivity contribution in [1.82, 2.24) is 15.5 Å². The van der Waals surface area contributed by atoms with Crippen LogP contribution in [0.25, 0.3) is 0 Å². The summed E-state index contributed by atoms with van der Waals surface area (Å²) in [6.45, 7) is 8.31. The van der Waals surface area contributed by atoms with Gasteiger partial charge in [0, 0.05) is 19.3 Å². The third-order valence-electron chi connectivity index (χ3n) is 2.88. The van der Waals surface area contributed by atoms with Crippen molar-refractivity contribution in [3.05, 3.63) is 37.2 Å². The standard InChI is InChI=1S/C14H19N3O5/c1-3-12(18)16-8-11(14(20)21)17(13(19)4-2)9-10-7-15-5-6-22-10/h3-4,8,10,15H,1-2,5-7,9H2,(H,16,18)(H,20,21). The molecule has 120 valence electrons. The molecule has 1 rings (SSSR count). The smallest absolute Gasteiger partial charge is 0.354 e. The minimum Gasteiger partial charge on any atom is -0.477 e. The number of hydrogen-bond donors (Lipinski definition) is 3. The van der Waals surface area contributed by atoms with Crippen LogP contribution in [0.3, 0.4) is 0 Å². The van der Waals surface area contributed by atoms with E-state index in [1.165, 1.54) is 0 Å². The van der Waals surface area contributed by atoms with Crippen molar-refractivity contribution in [2.45, 2.75) is 6.10 Å². The average Bonchev–Trinajstić information content (AvgIpc) is 2.53. The van der Waals surface area contributed by atoms with Crippen molar-refractivity contribution in [1.29, 1.82) is 0 Å². The zero-order chi connectivity index (χ0) is 16.5. The number of rotatable bonds is 7. The number of morpholine rings is 1. The van der Waals surface area contributed by atoms with Gasteiger partial charge in [-0.15, -0.1) is 0 Å². The molecule has 0 bridgehead atoms. The molecule has 1 unspecified atom stereocenters. The van der Waals surface area contributed by atoms with Crippen molar-refractivity contribution in [2.75, 3.05) is 26.2 Å². The first kappa shape index (κ1) is 17.6. The summed E-state index contributed by atoms with van der Waals surface area (Å²) < 4.78 is 5.47. The second-order valence-corrected chi connectivity index (χ2v) is 4.40. The van der Waals surface area contributed by atoms with Crippen LogP contribution < -0.4 is 10.6 Å². The van der Waals surface area contributed by atoms with E-state index >= 15 is 0 Å². The summed E-state index contributed by atoms with van der Waals surface area (Å²) in [4.78, 5) is 35.5. The third-order valence-corrected chi connectivity index (χ3v) is 2.88. The number of hydrogen-bond acceptors (Lipinski definition) is 5. The van der Waals surface area contributed by atoms with E-state index < -0.39 is 17.8 Å². The lowest BCUT2D eigenvalue weighted by Gasteiger charge is -2.29. The van der Waals surface area contributed by atoms with Crippen LogP contribution in [-0.2, 0) is 19.1 Å². The van der Waals surface area contributed by atoms with Gasteiger partial charge in [-0.3, -0.25) is 14.5 Å². The summed E-state index contributed by atoms with van der Waals surface area (Å²) in [5.41, 5.74) is -0.380. The van der Waals surface area contributed by atoms with Crippen LogP contribution in [0, 0.1) is 0 Å². The molecular weight excluding hydrogens is 290 g/mol. The van der Waals surface area contributed by atoms with Gasteiger partial charge in [-0.2, -0.15) is 0 Å². The van der Waals surface area contributed by atoms with Crippen molar-refractivity contribution in [3.63, 3.8) is 0 Å². The number of nitrogens with one attached hydrogen (secondary N) is 2. The molecule has 22 heavy (non-hydrogen) atoms. The Labute approximate surface area is 128 Å². The van der Waals surface area contributed by atoms with Gasteiger partial charge in [0.15, 0.2) is 0 Å². The minimum atomic E-state index is -1.36. The van der Waals surface area contributed by atoms with Crippen LogP contribution in [0.1, 0.15) is 0 Å². The van der Waals surface area contributed by atoms with Crippen molar-refractivity contribution >= 4 is 17.8 Å². The van der Waals surface area contributed by atoms with Gasteiger partial charge in [0.05, 0.1) is 19.3 Å². The number of carbonyl (C=O) groups excluding carboxylic acids is 2. The highest BCUT2D eigenvalue weighted by molar-refractivity contribution is 5.97. The Morgan fingerprint density at radius 1 is 1.36 bits per heavy atom. The number of amides is 2. The lowest BCUT2D eigenvalue weighted by atomic mass is 10.2. The maximum Gasteiger partial charge on any atom is 0.354 e. The first-order valence-electron chi connectivity index (χ1n) is 6.62. The van der Waals surface area contributed by atoms with E-state index in [4.69, 9.17) is 4.74 Å². The van der Waals surface area contributed by atoms with E-state index in [1.807, 2.05) is 0 Å². The fraction of sp³-hybridized carbons (Fsp3) is 0.357. The number of nitrogens with zero attached hydrogens (tertiary/aromatic N) is 1. The van der Waals surface area contributed by atoms with E-state index in [0.29, 0.717) is 19.7 Å². The monoisotopic (exact) mass is 309 g/mol. The first-order chi connectivity index (χ1) is 10.5. The summed E-state index contributed by atoms with van der Waals surface area (Å²) in [7, 11) is 0. The Balaban J connectivity index is 2.95. The van der Waals surface area contributed by atoms with Gasteiger partial charge in [-0.25, -0.2) is 4.79 Å². The molecule has 1 fully saturated rings. The van der Waals surface area contributed by atoms with Gasteiger partial charge in [0.2, 0.25) is 5.91 Å². The minimum absolute atomic E-state index is 0.0277. The van der Waals surface area contributed by atoms with Gasteiger partial charge in [-0.1, -0.05) is 13.2 Å². The van der Waals surface area contributed by atoms with E-state index in [-0.39, 0.29) is 18.3 Å². The Morgan fingerprint density at radius 3 is 2.59 bits per heavy atom. The molecule has 0 aromatic heterocycles. The van der Waals surface area contributed by atoms with Gasteiger partial charge >= 0.3 is 5.97 Å². The van der Waals surface area contributed by atoms with Crippen LogP contribution in [-0.4, -0.2) is 60.1 Å². The molecule has 0 aromatic rings. The molecule has 1 heterocycles. The summed E-state index contributed by atoms with van der Waals surface area (Å²) in [6, 6.07) is 0. The van der Waals surface area contributed by atoms with Gasteiger partial charge < -0.3 is 20.5 Å². The molecule has 8 nitrogen and oxygen atoms in total. The molecule has 1 aliphatic heterocycles. The molecule has 0 radical (unpaired) electrons. The quantitative estimate of drug-likeness (QED) is 0.532. The molecule has 0 saturated carbocycles. The summed E-state index contributed by atoms with van der Waals surface area (Å²) in [5.74, 6) is -2.54. The second kappa shape index (κ2) is 8.75. The molecule has 3 N–H and O–H groups in total. The van der Waals surface area contributed by atoms with Gasteiger partial charge in [0.25, 0.3) is 5.91 Å². The number of ether oxygens (including phenoxy) is 1.